The molecular formula is C30H35N5O3S. The van der Waals surface area contributed by atoms with Crippen molar-refractivity contribution in [3.05, 3.63) is 71.2 Å². The largest absolute Gasteiger partial charge is 0.457 e. The third-order valence-electron chi connectivity index (χ3n) is 6.80. The van der Waals surface area contributed by atoms with Gasteiger partial charge in [-0.3, -0.25) is 9.69 Å². The number of anilines is 3. The number of ether oxygens (including phenoxy) is 1. The van der Waals surface area contributed by atoms with Crippen LogP contribution in [0.3, 0.4) is 0 Å². The minimum Gasteiger partial charge on any atom is -0.457 e. The summed E-state index contributed by atoms with van der Waals surface area (Å²) in [6.07, 6.45) is 3.43. The molecule has 2 aromatic heterocycles. The first-order valence-corrected chi connectivity index (χ1v) is 13.2. The number of carbonyl (C=O) groups is 2. The van der Waals surface area contributed by atoms with Crippen LogP contribution in [0.2, 0.25) is 0 Å². The van der Waals surface area contributed by atoms with Crippen LogP contribution in [0.5, 0.6) is 11.5 Å². The van der Waals surface area contributed by atoms with Crippen molar-refractivity contribution in [2.75, 3.05) is 16.8 Å². The van der Waals surface area contributed by atoms with Crippen LogP contribution in [0.25, 0.3) is 10.2 Å². The number of thiophene rings is 1. The Kier molecular flexibility index (Phi) is 8.22. The van der Waals surface area contributed by atoms with E-state index in [9.17, 15) is 9.59 Å². The third kappa shape index (κ3) is 5.32. The summed E-state index contributed by atoms with van der Waals surface area (Å²) in [5, 5.41) is 10.3. The number of rotatable bonds is 5. The molecule has 2 aliphatic heterocycles. The number of hydrogen-bond donors (Lipinski definition) is 3. The number of nitrogens with zero attached hydrogens (tertiary/aromatic N) is 2. The molecule has 1 fully saturated rings. The van der Waals surface area contributed by atoms with Gasteiger partial charge in [0.25, 0.3) is 5.91 Å². The van der Waals surface area contributed by atoms with Crippen LogP contribution in [-0.4, -0.2) is 35.6 Å². The van der Waals surface area contributed by atoms with Crippen molar-refractivity contribution in [1.82, 2.24) is 15.6 Å². The number of pyridine rings is 1. The first-order chi connectivity index (χ1) is 18.0. The Hall–Kier alpha value is -3.95. The molecule has 0 saturated carbocycles. The van der Waals surface area contributed by atoms with E-state index >= 15 is 0 Å². The fraction of sp³-hybridized carbons (Fsp3) is 0.300. The fourth-order valence-corrected chi connectivity index (χ4v) is 6.09. The lowest BCUT2D eigenvalue weighted by atomic mass is 10.0. The van der Waals surface area contributed by atoms with Gasteiger partial charge in [0, 0.05) is 18.3 Å². The zero-order chi connectivity index (χ0) is 25.5. The zero-order valence-corrected chi connectivity index (χ0v) is 21.4. The van der Waals surface area contributed by atoms with E-state index in [1.807, 2.05) is 61.5 Å². The van der Waals surface area contributed by atoms with Gasteiger partial charge in [-0.1, -0.05) is 33.1 Å². The number of aromatic nitrogens is 1. The molecule has 2 aromatic carbocycles. The molecule has 39 heavy (non-hydrogen) atoms. The monoisotopic (exact) mass is 545 g/mol. The van der Waals surface area contributed by atoms with Crippen molar-refractivity contribution in [3.8, 4) is 11.5 Å². The zero-order valence-electron chi connectivity index (χ0n) is 20.6. The van der Waals surface area contributed by atoms with Crippen LogP contribution in [0, 0.1) is 6.92 Å². The Bertz CT molecular complexity index is 1500. The van der Waals surface area contributed by atoms with Crippen molar-refractivity contribution in [2.24, 2.45) is 0 Å². The average molecular weight is 546 g/mol. The van der Waals surface area contributed by atoms with Crippen LogP contribution in [-0.2, 0) is 0 Å². The number of amides is 3. The lowest BCUT2D eigenvalue weighted by molar-refractivity contribution is 0.0930. The molecule has 0 radical (unpaired) electrons. The SMILES string of the molecule is C.C.Cc1cc(Oc2ccccc2)ccc1N1C(=O)Nc2c(C(=O)N[C@H]3CCNC(C)C3)sc3nccc1c23. The minimum atomic E-state index is -0.317. The van der Waals surface area contributed by atoms with E-state index in [0.717, 1.165) is 41.8 Å². The van der Waals surface area contributed by atoms with Crippen LogP contribution < -0.4 is 25.6 Å². The van der Waals surface area contributed by atoms with Crippen LogP contribution in [0.4, 0.5) is 21.9 Å². The van der Waals surface area contributed by atoms with Gasteiger partial charge >= 0.3 is 6.03 Å². The third-order valence-corrected chi connectivity index (χ3v) is 7.90. The molecule has 6 rings (SSSR count). The quantitative estimate of drug-likeness (QED) is 0.246. The number of benzene rings is 2. The van der Waals surface area contributed by atoms with Gasteiger partial charge in [0.2, 0.25) is 0 Å². The molecule has 3 N–H and O–H groups in total. The number of piperidine rings is 1. The predicted octanol–water partition coefficient (Wildman–Crippen LogP) is 7.22. The first kappa shape index (κ1) is 28.1. The Morgan fingerprint density at radius 3 is 2.64 bits per heavy atom. The number of urea groups is 1. The van der Waals surface area contributed by atoms with Gasteiger partial charge in [0.05, 0.1) is 22.4 Å². The van der Waals surface area contributed by atoms with Crippen molar-refractivity contribution in [1.29, 1.82) is 0 Å². The number of carbonyl (C=O) groups excluding carboxylic acids is 2. The van der Waals surface area contributed by atoms with Gasteiger partial charge in [-0.15, -0.1) is 11.3 Å². The summed E-state index contributed by atoms with van der Waals surface area (Å²) in [5.74, 6) is 1.26. The van der Waals surface area contributed by atoms with E-state index < -0.39 is 0 Å². The van der Waals surface area contributed by atoms with Gasteiger partial charge in [-0.25, -0.2) is 9.78 Å². The Morgan fingerprint density at radius 2 is 1.90 bits per heavy atom. The van der Waals surface area contributed by atoms with E-state index in [2.05, 4.69) is 27.9 Å². The second kappa shape index (κ2) is 11.4. The molecule has 204 valence electrons. The lowest BCUT2D eigenvalue weighted by Gasteiger charge is -2.30. The fourth-order valence-electron chi connectivity index (χ4n) is 5.06. The van der Waals surface area contributed by atoms with E-state index in [1.54, 1.807) is 11.1 Å². The molecule has 3 amide bonds. The molecule has 0 aliphatic carbocycles. The van der Waals surface area contributed by atoms with Crippen molar-refractivity contribution in [3.63, 3.8) is 0 Å². The summed E-state index contributed by atoms with van der Waals surface area (Å²) in [6.45, 7) is 4.94. The van der Waals surface area contributed by atoms with E-state index in [-0.39, 0.29) is 32.8 Å². The number of para-hydroxylation sites is 1. The van der Waals surface area contributed by atoms with E-state index in [0.29, 0.717) is 32.9 Å². The minimum absolute atomic E-state index is 0. The van der Waals surface area contributed by atoms with Crippen molar-refractivity contribution in [2.45, 2.75) is 53.6 Å². The van der Waals surface area contributed by atoms with Gasteiger partial charge < -0.3 is 20.7 Å². The van der Waals surface area contributed by atoms with Gasteiger partial charge in [0.1, 0.15) is 21.2 Å². The second-order valence-electron chi connectivity index (χ2n) is 9.50. The van der Waals surface area contributed by atoms with Crippen molar-refractivity contribution < 1.29 is 14.3 Å². The molecule has 0 spiro atoms. The molecule has 9 heteroatoms. The highest BCUT2D eigenvalue weighted by Crippen LogP contribution is 2.46. The van der Waals surface area contributed by atoms with Crippen LogP contribution >= 0.6 is 11.3 Å². The summed E-state index contributed by atoms with van der Waals surface area (Å²) in [5.41, 5.74) is 2.85. The standard InChI is InChI=1S/C28H27N5O3S.2CH4/c1-16-14-20(36-19-6-4-3-5-7-19)8-9-21(16)33-22-11-13-30-27-23(22)24(32-28(33)35)25(37-27)26(34)31-18-10-12-29-17(2)15-18;;/h3-9,11,13-14,17-18,29H,10,12,15H2,1-2H3,(H,31,34)(H,32,35);2*1H4/t17?,18-;;/m0../s1. The maximum absolute atomic E-state index is 13.5. The molecule has 2 aliphatic rings. The van der Waals surface area contributed by atoms with E-state index in [4.69, 9.17) is 4.74 Å². The molecule has 8 nitrogen and oxygen atoms in total. The summed E-state index contributed by atoms with van der Waals surface area (Å²) in [6, 6.07) is 17.2. The highest BCUT2D eigenvalue weighted by molar-refractivity contribution is 7.21. The van der Waals surface area contributed by atoms with Gasteiger partial charge in [-0.05, 0) is 75.2 Å². The summed E-state index contributed by atoms with van der Waals surface area (Å²) < 4.78 is 5.97. The Labute approximate surface area is 233 Å². The van der Waals surface area contributed by atoms with Crippen LogP contribution in [0.15, 0.2) is 60.8 Å². The smallest absolute Gasteiger partial charge is 0.331 e. The normalized spacial score (nSPS) is 18.0. The molecule has 2 atom stereocenters. The predicted molar refractivity (Wildman–Crippen MR) is 160 cm³/mol. The van der Waals surface area contributed by atoms with Crippen molar-refractivity contribution >= 4 is 50.6 Å². The lowest BCUT2D eigenvalue weighted by Crippen LogP contribution is -2.46. The van der Waals surface area contributed by atoms with E-state index in [1.165, 1.54) is 11.3 Å². The molecular weight excluding hydrogens is 510 g/mol. The first-order valence-electron chi connectivity index (χ1n) is 12.4. The molecule has 4 aromatic rings. The maximum atomic E-state index is 13.5. The van der Waals surface area contributed by atoms with Gasteiger partial charge in [-0.2, -0.15) is 0 Å². The molecule has 4 heterocycles. The topological polar surface area (TPSA) is 95.6 Å². The summed E-state index contributed by atoms with van der Waals surface area (Å²) in [4.78, 5) is 34.1. The van der Waals surface area contributed by atoms with Gasteiger partial charge in [0.15, 0.2) is 0 Å². The molecule has 1 saturated heterocycles. The Morgan fingerprint density at radius 1 is 1.10 bits per heavy atom. The second-order valence-corrected chi connectivity index (χ2v) is 10.5. The average Bonchev–Trinajstić information content (AvgIpc) is 3.25. The molecule has 1 unspecified atom stereocenters. The summed E-state index contributed by atoms with van der Waals surface area (Å²) >= 11 is 1.31. The molecule has 0 bridgehead atoms. The number of aryl methyl sites for hydroxylation is 1. The Balaban J connectivity index is 0.00000176. The number of hydrogen-bond acceptors (Lipinski definition) is 6. The maximum Gasteiger partial charge on any atom is 0.331 e. The highest BCUT2D eigenvalue weighted by atomic mass is 32.1. The number of nitrogens with one attached hydrogen (secondary N) is 3. The highest BCUT2D eigenvalue weighted by Gasteiger charge is 2.34. The summed E-state index contributed by atoms with van der Waals surface area (Å²) in [7, 11) is 0. The van der Waals surface area contributed by atoms with Crippen LogP contribution in [0.1, 0.15) is 49.9 Å².